The smallest absolute Gasteiger partial charge is 0.159 e. The van der Waals surface area contributed by atoms with Gasteiger partial charge in [0.25, 0.3) is 0 Å². The van der Waals surface area contributed by atoms with Gasteiger partial charge in [0.15, 0.2) is 11.6 Å². The third-order valence-electron chi connectivity index (χ3n) is 3.40. The fraction of sp³-hybridized carbons (Fsp3) is 0.538. The van der Waals surface area contributed by atoms with Crippen molar-refractivity contribution < 1.29 is 8.78 Å². The predicted octanol–water partition coefficient (Wildman–Crippen LogP) is 3.92. The Morgan fingerprint density at radius 2 is 1.20 bits per heavy atom. The van der Waals surface area contributed by atoms with Crippen LogP contribution in [0, 0.1) is 11.6 Å². The predicted molar refractivity (Wildman–Crippen MR) is 57.0 cm³/mol. The molecule has 1 aromatic carbocycles. The largest absolute Gasteiger partial charge is 0.204 e. The molecule has 0 radical (unpaired) electrons. The van der Waals surface area contributed by atoms with Gasteiger partial charge in [-0.15, -0.1) is 0 Å². The molecule has 0 atom stereocenters. The van der Waals surface area contributed by atoms with Crippen LogP contribution >= 0.6 is 0 Å². The molecule has 0 N–H and O–H groups in total. The van der Waals surface area contributed by atoms with E-state index in [0.29, 0.717) is 0 Å². The van der Waals surface area contributed by atoms with Gasteiger partial charge < -0.3 is 0 Å². The van der Waals surface area contributed by atoms with Crippen LogP contribution in [-0.4, -0.2) is 0 Å². The molecule has 0 nitrogen and oxygen atoms in total. The third-order valence-corrected chi connectivity index (χ3v) is 3.40. The Morgan fingerprint density at radius 3 is 1.53 bits per heavy atom. The van der Waals surface area contributed by atoms with Gasteiger partial charge >= 0.3 is 0 Å². The van der Waals surface area contributed by atoms with Crippen molar-refractivity contribution in [3.8, 4) is 0 Å². The van der Waals surface area contributed by atoms with Crippen molar-refractivity contribution in [3.63, 3.8) is 0 Å². The monoisotopic (exact) mass is 210 g/mol. The van der Waals surface area contributed by atoms with E-state index in [1.807, 2.05) is 0 Å². The Balaban J connectivity index is 2.71. The maximum absolute atomic E-state index is 13.2. The summed E-state index contributed by atoms with van der Waals surface area (Å²) in [4.78, 5) is 0. The summed E-state index contributed by atoms with van der Waals surface area (Å²) >= 11 is 0. The minimum Gasteiger partial charge on any atom is -0.204 e. The second kappa shape index (κ2) is 2.81. The van der Waals surface area contributed by atoms with Crippen LogP contribution in [0.15, 0.2) is 12.1 Å². The first kappa shape index (κ1) is 10.6. The third kappa shape index (κ3) is 1.47. The second-order valence-electron chi connectivity index (χ2n) is 5.76. The Kier molecular flexibility index (Phi) is 1.98. The van der Waals surface area contributed by atoms with E-state index in [1.165, 1.54) is 12.1 Å². The molecule has 0 amide bonds. The number of rotatable bonds is 0. The molecule has 1 aliphatic carbocycles. The molecule has 1 aromatic rings. The van der Waals surface area contributed by atoms with E-state index < -0.39 is 11.6 Å². The van der Waals surface area contributed by atoms with Crippen LogP contribution in [0.2, 0.25) is 0 Å². The number of fused-ring (bicyclic) bond motifs is 1. The number of hydrogen-bond acceptors (Lipinski definition) is 0. The van der Waals surface area contributed by atoms with E-state index in [4.69, 9.17) is 0 Å². The summed E-state index contributed by atoms with van der Waals surface area (Å²) in [5.41, 5.74) is 1.78. The van der Waals surface area contributed by atoms with Crippen LogP contribution in [0.3, 0.4) is 0 Å². The molecular weight excluding hydrogens is 194 g/mol. The molecule has 82 valence electrons. The molecular formula is C13H16F2. The molecule has 0 aliphatic heterocycles. The first-order chi connectivity index (χ1) is 6.74. The van der Waals surface area contributed by atoms with Crippen molar-refractivity contribution in [1.29, 1.82) is 0 Å². The van der Waals surface area contributed by atoms with E-state index >= 15 is 0 Å². The highest BCUT2D eigenvalue weighted by Crippen LogP contribution is 2.49. The van der Waals surface area contributed by atoms with Gasteiger partial charge in [0.05, 0.1) is 0 Å². The minimum absolute atomic E-state index is 0.0621. The molecule has 2 rings (SSSR count). The zero-order valence-corrected chi connectivity index (χ0v) is 9.62. The number of hydrogen-bond donors (Lipinski definition) is 0. The van der Waals surface area contributed by atoms with Gasteiger partial charge in [0, 0.05) is 0 Å². The molecule has 0 aromatic heterocycles. The maximum Gasteiger partial charge on any atom is 0.159 e. The standard InChI is InChI=1S/C13H16F2/c1-12(2)7-13(3,4)9-6-11(15)10(14)5-8(9)12/h5-6H,7H2,1-4H3. The molecule has 15 heavy (non-hydrogen) atoms. The molecule has 0 saturated heterocycles. The maximum atomic E-state index is 13.2. The molecule has 0 spiro atoms. The molecule has 1 aliphatic rings. The Labute approximate surface area is 89.3 Å². The van der Waals surface area contributed by atoms with Gasteiger partial charge in [-0.25, -0.2) is 8.78 Å². The lowest BCUT2D eigenvalue weighted by Crippen LogP contribution is -2.17. The van der Waals surface area contributed by atoms with Crippen LogP contribution in [0.5, 0.6) is 0 Å². The summed E-state index contributed by atoms with van der Waals surface area (Å²) in [5, 5.41) is 0. The van der Waals surface area contributed by atoms with Crippen LogP contribution in [0.1, 0.15) is 45.2 Å². The summed E-state index contributed by atoms with van der Waals surface area (Å²) in [7, 11) is 0. The first-order valence-corrected chi connectivity index (χ1v) is 5.24. The number of halogens is 2. The lowest BCUT2D eigenvalue weighted by Gasteiger charge is -2.22. The second-order valence-corrected chi connectivity index (χ2v) is 5.76. The van der Waals surface area contributed by atoms with Gasteiger partial charge in [0.2, 0.25) is 0 Å². The van der Waals surface area contributed by atoms with Crippen LogP contribution in [0.25, 0.3) is 0 Å². The summed E-state index contributed by atoms with van der Waals surface area (Å²) in [6.45, 7) is 8.33. The van der Waals surface area contributed by atoms with Gasteiger partial charge in [0.1, 0.15) is 0 Å². The van der Waals surface area contributed by atoms with Gasteiger partial charge in [-0.3, -0.25) is 0 Å². The van der Waals surface area contributed by atoms with Crippen LogP contribution < -0.4 is 0 Å². The van der Waals surface area contributed by atoms with E-state index in [1.54, 1.807) is 0 Å². The Hall–Kier alpha value is -0.920. The number of benzene rings is 1. The SMILES string of the molecule is CC1(C)CC(C)(C)c2cc(F)c(F)cc21. The zero-order valence-electron chi connectivity index (χ0n) is 9.62. The molecule has 0 bridgehead atoms. The van der Waals surface area contributed by atoms with Crippen molar-refractivity contribution in [3.05, 3.63) is 34.9 Å². The minimum atomic E-state index is -0.737. The Morgan fingerprint density at radius 1 is 0.867 bits per heavy atom. The fourth-order valence-corrected chi connectivity index (χ4v) is 2.96. The fourth-order valence-electron chi connectivity index (χ4n) is 2.96. The van der Waals surface area contributed by atoms with E-state index in [-0.39, 0.29) is 10.8 Å². The summed E-state index contributed by atoms with van der Waals surface area (Å²) < 4.78 is 26.4. The molecule has 0 saturated carbocycles. The van der Waals surface area contributed by atoms with Crippen molar-refractivity contribution in [2.75, 3.05) is 0 Å². The normalized spacial score (nSPS) is 21.5. The van der Waals surface area contributed by atoms with E-state index in [0.717, 1.165) is 17.5 Å². The molecule has 2 heteroatoms. The molecule has 0 unspecified atom stereocenters. The van der Waals surface area contributed by atoms with Gasteiger partial charge in [-0.05, 0) is 40.5 Å². The highest BCUT2D eigenvalue weighted by molar-refractivity contribution is 5.44. The molecule has 0 fully saturated rings. The lowest BCUT2D eigenvalue weighted by atomic mass is 9.82. The summed E-state index contributed by atoms with van der Waals surface area (Å²) in [6, 6.07) is 2.72. The quantitative estimate of drug-likeness (QED) is 0.608. The highest BCUT2D eigenvalue weighted by Gasteiger charge is 2.42. The van der Waals surface area contributed by atoms with Crippen LogP contribution in [-0.2, 0) is 10.8 Å². The highest BCUT2D eigenvalue weighted by atomic mass is 19.2. The molecule has 0 heterocycles. The average Bonchev–Trinajstić information content (AvgIpc) is 2.21. The van der Waals surface area contributed by atoms with Crippen molar-refractivity contribution in [1.82, 2.24) is 0 Å². The summed E-state index contributed by atoms with van der Waals surface area (Å²) in [6.07, 6.45) is 0.929. The lowest BCUT2D eigenvalue weighted by molar-refractivity contribution is 0.402. The van der Waals surface area contributed by atoms with Crippen molar-refractivity contribution in [2.45, 2.75) is 44.9 Å². The average molecular weight is 210 g/mol. The van der Waals surface area contributed by atoms with Crippen molar-refractivity contribution >= 4 is 0 Å². The topological polar surface area (TPSA) is 0 Å². The van der Waals surface area contributed by atoms with Gasteiger partial charge in [-0.2, -0.15) is 0 Å². The zero-order chi connectivity index (χ0) is 11.4. The Bertz CT molecular complexity index is 378. The van der Waals surface area contributed by atoms with Crippen molar-refractivity contribution in [2.24, 2.45) is 0 Å². The first-order valence-electron chi connectivity index (χ1n) is 5.24. The van der Waals surface area contributed by atoms with E-state index in [2.05, 4.69) is 27.7 Å². The van der Waals surface area contributed by atoms with E-state index in [9.17, 15) is 8.78 Å². The van der Waals surface area contributed by atoms with Gasteiger partial charge in [-0.1, -0.05) is 27.7 Å². The summed E-state index contributed by atoms with van der Waals surface area (Å²) in [5.74, 6) is -1.47. The van der Waals surface area contributed by atoms with Crippen LogP contribution in [0.4, 0.5) is 8.78 Å².